The van der Waals surface area contributed by atoms with Crippen molar-refractivity contribution in [2.24, 2.45) is 0 Å². The summed E-state index contributed by atoms with van der Waals surface area (Å²) in [6, 6.07) is 5.81. The summed E-state index contributed by atoms with van der Waals surface area (Å²) in [5, 5.41) is 8.77. The van der Waals surface area contributed by atoms with Gasteiger partial charge in [-0.05, 0) is 41.4 Å². The number of anilines is 1. The molecule has 0 bridgehead atoms. The third-order valence-corrected chi connectivity index (χ3v) is 4.99. The van der Waals surface area contributed by atoms with Gasteiger partial charge in [0.15, 0.2) is 10.8 Å². The van der Waals surface area contributed by atoms with Crippen molar-refractivity contribution in [3.8, 4) is 0 Å². The predicted octanol–water partition coefficient (Wildman–Crippen LogP) is 3.80. The molecule has 3 rings (SSSR count). The monoisotopic (exact) mass is 375 g/mol. The molecule has 3 aromatic heterocycles. The number of nitrogens with zero attached hydrogens (tertiary/aromatic N) is 2. The van der Waals surface area contributed by atoms with E-state index in [0.29, 0.717) is 5.13 Å². The van der Waals surface area contributed by atoms with E-state index in [1.54, 1.807) is 23.6 Å². The Labute approximate surface area is 153 Å². The van der Waals surface area contributed by atoms with E-state index in [1.165, 1.54) is 11.3 Å². The van der Waals surface area contributed by atoms with E-state index in [9.17, 15) is 9.59 Å². The summed E-state index contributed by atoms with van der Waals surface area (Å²) in [5.41, 5.74) is 1.30. The third kappa shape index (κ3) is 4.34. The van der Waals surface area contributed by atoms with Gasteiger partial charge in [-0.3, -0.25) is 4.79 Å². The summed E-state index contributed by atoms with van der Waals surface area (Å²) in [4.78, 5) is 28.2. The molecule has 1 atom stereocenters. The van der Waals surface area contributed by atoms with Crippen molar-refractivity contribution in [2.45, 2.75) is 19.4 Å². The van der Waals surface area contributed by atoms with Crippen molar-refractivity contribution in [1.29, 1.82) is 0 Å². The summed E-state index contributed by atoms with van der Waals surface area (Å²) in [5.74, 6) is -0.641. The zero-order valence-electron chi connectivity index (χ0n) is 13.5. The first-order valence-electron chi connectivity index (χ1n) is 7.74. The maximum atomic E-state index is 12.4. The van der Waals surface area contributed by atoms with Crippen LogP contribution in [-0.2, 0) is 9.53 Å². The Morgan fingerprint density at radius 1 is 1.32 bits per heavy atom. The molecule has 0 spiro atoms. The van der Waals surface area contributed by atoms with Gasteiger partial charge < -0.3 is 14.6 Å². The van der Waals surface area contributed by atoms with Crippen LogP contribution in [0.25, 0.3) is 0 Å². The minimum absolute atomic E-state index is 0.0780. The van der Waals surface area contributed by atoms with Gasteiger partial charge in [0.05, 0.1) is 19.1 Å². The molecule has 3 aromatic rings. The number of nitrogens with one attached hydrogen (secondary N) is 1. The zero-order valence-corrected chi connectivity index (χ0v) is 15.2. The first-order chi connectivity index (χ1) is 12.2. The molecule has 0 saturated heterocycles. The molecule has 0 unspecified atom stereocenters. The molecular formula is C17H17N3O3S2. The number of carbonyl (C=O) groups excluding carboxylic acids is 2. The average Bonchev–Trinajstić information content (AvgIpc) is 3.34. The second-order valence-electron chi connectivity index (χ2n) is 5.21. The highest BCUT2D eigenvalue weighted by molar-refractivity contribution is 7.14. The first kappa shape index (κ1) is 17.4. The Hall–Kier alpha value is -2.45. The molecule has 0 aliphatic rings. The molecule has 0 fully saturated rings. The summed E-state index contributed by atoms with van der Waals surface area (Å²) >= 11 is 2.81. The predicted molar refractivity (Wildman–Crippen MR) is 98.2 cm³/mol. The van der Waals surface area contributed by atoms with E-state index in [4.69, 9.17) is 4.74 Å². The molecule has 0 aliphatic carbocycles. The molecule has 3 heterocycles. The molecule has 6 nitrogen and oxygen atoms in total. The number of rotatable bonds is 7. The van der Waals surface area contributed by atoms with Crippen LogP contribution in [0, 0.1) is 0 Å². The van der Waals surface area contributed by atoms with Crippen molar-refractivity contribution < 1.29 is 14.3 Å². The van der Waals surface area contributed by atoms with Crippen LogP contribution in [0.2, 0.25) is 0 Å². The highest BCUT2D eigenvalue weighted by atomic mass is 32.1. The number of aromatic nitrogens is 2. The molecule has 0 aliphatic heterocycles. The number of amides is 1. The number of hydrogen-bond donors (Lipinski definition) is 1. The van der Waals surface area contributed by atoms with Crippen LogP contribution in [0.4, 0.5) is 5.13 Å². The quantitative estimate of drug-likeness (QED) is 0.638. The van der Waals surface area contributed by atoms with Crippen molar-refractivity contribution in [3.63, 3.8) is 0 Å². The fourth-order valence-electron chi connectivity index (χ4n) is 2.39. The molecule has 0 saturated carbocycles. The van der Waals surface area contributed by atoms with Gasteiger partial charge in [-0.2, -0.15) is 11.3 Å². The van der Waals surface area contributed by atoms with E-state index < -0.39 is 5.97 Å². The number of thiazole rings is 1. The van der Waals surface area contributed by atoms with E-state index in [0.717, 1.165) is 5.56 Å². The van der Waals surface area contributed by atoms with Crippen molar-refractivity contribution >= 4 is 39.7 Å². The highest BCUT2D eigenvalue weighted by Gasteiger charge is 2.19. The van der Waals surface area contributed by atoms with Crippen LogP contribution in [0.1, 0.15) is 35.4 Å². The molecule has 130 valence electrons. The van der Waals surface area contributed by atoms with Gasteiger partial charge in [0.1, 0.15) is 0 Å². The standard InChI is InChI=1S/C17H17N3O3S2/c1-2-23-16(22)13-11-25-17(18-13)19-15(21)9-14(12-5-8-24-10-12)20-6-3-4-7-20/h3-8,10-11,14H,2,9H2,1H3,(H,18,19,21)/t14-/m1/s1. The fourth-order valence-corrected chi connectivity index (χ4v) is 3.79. The van der Waals surface area contributed by atoms with Gasteiger partial charge in [0.25, 0.3) is 0 Å². The maximum absolute atomic E-state index is 12.4. The van der Waals surface area contributed by atoms with Gasteiger partial charge in [0.2, 0.25) is 5.91 Å². The lowest BCUT2D eigenvalue weighted by molar-refractivity contribution is -0.116. The number of esters is 1. The minimum Gasteiger partial charge on any atom is -0.461 e. The smallest absolute Gasteiger partial charge is 0.357 e. The van der Waals surface area contributed by atoms with E-state index >= 15 is 0 Å². The largest absolute Gasteiger partial charge is 0.461 e. The van der Waals surface area contributed by atoms with Gasteiger partial charge in [0, 0.05) is 17.8 Å². The molecule has 8 heteroatoms. The van der Waals surface area contributed by atoms with E-state index in [2.05, 4.69) is 10.3 Å². The number of carbonyl (C=O) groups is 2. The Morgan fingerprint density at radius 2 is 2.12 bits per heavy atom. The lowest BCUT2D eigenvalue weighted by Gasteiger charge is -2.17. The molecule has 1 amide bonds. The van der Waals surface area contributed by atoms with Crippen LogP contribution in [0.15, 0.2) is 46.7 Å². The van der Waals surface area contributed by atoms with Crippen LogP contribution in [0.5, 0.6) is 0 Å². The van der Waals surface area contributed by atoms with E-state index in [-0.39, 0.29) is 30.7 Å². The van der Waals surface area contributed by atoms with Crippen LogP contribution >= 0.6 is 22.7 Å². The molecular weight excluding hydrogens is 358 g/mol. The lowest BCUT2D eigenvalue weighted by atomic mass is 10.1. The summed E-state index contributed by atoms with van der Waals surface area (Å²) < 4.78 is 6.91. The average molecular weight is 375 g/mol. The fraction of sp³-hybridized carbons (Fsp3) is 0.235. The molecule has 0 aromatic carbocycles. The molecule has 1 N–H and O–H groups in total. The molecule has 25 heavy (non-hydrogen) atoms. The summed E-state index contributed by atoms with van der Waals surface area (Å²) in [6.07, 6.45) is 4.16. The SMILES string of the molecule is CCOC(=O)c1csc(NC(=O)C[C@H](c2ccsc2)n2cccc2)n1. The Kier molecular flexibility index (Phi) is 5.62. The first-order valence-corrected chi connectivity index (χ1v) is 9.56. The van der Waals surface area contributed by atoms with Crippen molar-refractivity contribution in [2.75, 3.05) is 11.9 Å². The van der Waals surface area contributed by atoms with Gasteiger partial charge in [-0.15, -0.1) is 11.3 Å². The van der Waals surface area contributed by atoms with Crippen LogP contribution < -0.4 is 5.32 Å². The maximum Gasteiger partial charge on any atom is 0.357 e. The number of hydrogen-bond acceptors (Lipinski definition) is 6. The van der Waals surface area contributed by atoms with E-state index in [1.807, 2.05) is 45.9 Å². The van der Waals surface area contributed by atoms with Crippen molar-refractivity contribution in [3.05, 3.63) is 58.0 Å². The Bertz CT molecular complexity index is 791. The molecule has 0 radical (unpaired) electrons. The second kappa shape index (κ2) is 8.09. The zero-order chi connectivity index (χ0) is 17.6. The van der Waals surface area contributed by atoms with Crippen LogP contribution in [-0.4, -0.2) is 28.0 Å². The van der Waals surface area contributed by atoms with Gasteiger partial charge >= 0.3 is 5.97 Å². The number of ether oxygens (including phenoxy) is 1. The van der Waals surface area contributed by atoms with Gasteiger partial charge in [-0.25, -0.2) is 9.78 Å². The lowest BCUT2D eigenvalue weighted by Crippen LogP contribution is -2.19. The summed E-state index contributed by atoms with van der Waals surface area (Å²) in [7, 11) is 0. The third-order valence-electron chi connectivity index (χ3n) is 3.53. The second-order valence-corrected chi connectivity index (χ2v) is 6.85. The normalized spacial score (nSPS) is 11.9. The topological polar surface area (TPSA) is 73.2 Å². The Morgan fingerprint density at radius 3 is 2.80 bits per heavy atom. The summed E-state index contributed by atoms with van der Waals surface area (Å²) in [6.45, 7) is 2.02. The minimum atomic E-state index is -0.484. The Balaban J connectivity index is 1.67. The highest BCUT2D eigenvalue weighted by Crippen LogP contribution is 2.25. The van der Waals surface area contributed by atoms with Gasteiger partial charge in [-0.1, -0.05) is 0 Å². The van der Waals surface area contributed by atoms with Crippen LogP contribution in [0.3, 0.4) is 0 Å². The van der Waals surface area contributed by atoms with Crippen molar-refractivity contribution in [1.82, 2.24) is 9.55 Å². The number of thiophene rings is 1.